The van der Waals surface area contributed by atoms with E-state index in [1.165, 1.54) is 6.07 Å². The van der Waals surface area contributed by atoms with Crippen LogP contribution in [-0.2, 0) is 6.42 Å². The molecule has 6 heteroatoms. The van der Waals surface area contributed by atoms with E-state index in [0.29, 0.717) is 11.9 Å². The second-order valence-electron chi connectivity index (χ2n) is 6.79. The molecule has 4 rings (SSSR count). The van der Waals surface area contributed by atoms with Gasteiger partial charge in [0.05, 0.1) is 0 Å². The van der Waals surface area contributed by atoms with Crippen LogP contribution in [0, 0.1) is 0 Å². The van der Waals surface area contributed by atoms with E-state index in [1.54, 1.807) is 6.20 Å². The fourth-order valence-corrected chi connectivity index (χ4v) is 3.40. The highest BCUT2D eigenvalue weighted by molar-refractivity contribution is 5.57. The fourth-order valence-electron chi connectivity index (χ4n) is 3.40. The summed E-state index contributed by atoms with van der Waals surface area (Å²) in [5, 5.41) is 3.58. The van der Waals surface area contributed by atoms with Crippen molar-refractivity contribution in [1.82, 2.24) is 15.0 Å². The van der Waals surface area contributed by atoms with Gasteiger partial charge in [0.2, 0.25) is 0 Å². The van der Waals surface area contributed by atoms with E-state index in [1.807, 2.05) is 37.3 Å². The van der Waals surface area contributed by atoms with Gasteiger partial charge in [0.25, 0.3) is 5.56 Å². The molecule has 1 atom stereocenters. The lowest BCUT2D eigenvalue weighted by Crippen LogP contribution is -2.26. The molecular weight excluding hydrogens is 338 g/mol. The number of para-hydroxylation sites is 1. The zero-order valence-electron chi connectivity index (χ0n) is 15.4. The first-order valence-electron chi connectivity index (χ1n) is 9.34. The van der Waals surface area contributed by atoms with Gasteiger partial charge in [-0.15, -0.1) is 0 Å². The third-order valence-corrected chi connectivity index (χ3v) is 4.84. The standard InChI is InChI=1S/C21H23N5O/c1-2-16-12-20(27)25-21(24-16)15-8-9-19(22-13-15)26-11-10-18(14-26)23-17-6-4-3-5-7-17/h3-9,12-13,18,23H,2,10-11,14H2,1H3,(H,24,25,27). The van der Waals surface area contributed by atoms with Gasteiger partial charge in [0.15, 0.2) is 0 Å². The molecular formula is C21H23N5O. The maximum absolute atomic E-state index is 11.8. The molecule has 0 saturated carbocycles. The van der Waals surface area contributed by atoms with Crippen LogP contribution in [-0.4, -0.2) is 34.1 Å². The number of nitrogens with zero attached hydrogens (tertiary/aromatic N) is 3. The van der Waals surface area contributed by atoms with Crippen molar-refractivity contribution in [2.24, 2.45) is 0 Å². The van der Waals surface area contributed by atoms with Crippen LogP contribution in [0.5, 0.6) is 0 Å². The normalized spacial score (nSPS) is 16.5. The number of benzene rings is 1. The molecule has 1 saturated heterocycles. The Kier molecular flexibility index (Phi) is 4.87. The zero-order valence-corrected chi connectivity index (χ0v) is 15.4. The van der Waals surface area contributed by atoms with Gasteiger partial charge < -0.3 is 15.2 Å². The van der Waals surface area contributed by atoms with E-state index in [4.69, 9.17) is 0 Å². The predicted molar refractivity (Wildman–Crippen MR) is 108 cm³/mol. The summed E-state index contributed by atoms with van der Waals surface area (Å²) in [6.07, 6.45) is 3.59. The highest BCUT2D eigenvalue weighted by Crippen LogP contribution is 2.22. The molecule has 27 heavy (non-hydrogen) atoms. The maximum atomic E-state index is 11.8. The minimum Gasteiger partial charge on any atom is -0.380 e. The fraction of sp³-hybridized carbons (Fsp3) is 0.286. The van der Waals surface area contributed by atoms with Crippen LogP contribution >= 0.6 is 0 Å². The van der Waals surface area contributed by atoms with Crippen molar-refractivity contribution in [2.45, 2.75) is 25.8 Å². The van der Waals surface area contributed by atoms with Crippen LogP contribution in [0.25, 0.3) is 11.4 Å². The molecule has 0 amide bonds. The van der Waals surface area contributed by atoms with E-state index in [9.17, 15) is 4.79 Å². The van der Waals surface area contributed by atoms with Gasteiger partial charge in [0.1, 0.15) is 11.6 Å². The van der Waals surface area contributed by atoms with E-state index >= 15 is 0 Å². The summed E-state index contributed by atoms with van der Waals surface area (Å²) in [4.78, 5) is 25.9. The molecule has 0 spiro atoms. The number of anilines is 2. The Balaban J connectivity index is 1.45. The lowest BCUT2D eigenvalue weighted by molar-refractivity contribution is 0.806. The van der Waals surface area contributed by atoms with Gasteiger partial charge in [-0.2, -0.15) is 0 Å². The summed E-state index contributed by atoms with van der Waals surface area (Å²) < 4.78 is 0. The Morgan fingerprint density at radius 2 is 2.07 bits per heavy atom. The highest BCUT2D eigenvalue weighted by atomic mass is 16.1. The third-order valence-electron chi connectivity index (χ3n) is 4.84. The Hall–Kier alpha value is -3.15. The van der Waals surface area contributed by atoms with Crippen LogP contribution in [0.15, 0.2) is 59.5 Å². The zero-order chi connectivity index (χ0) is 18.6. The van der Waals surface area contributed by atoms with Crippen LogP contribution in [0.1, 0.15) is 19.0 Å². The lowest BCUT2D eigenvalue weighted by Gasteiger charge is -2.18. The quantitative estimate of drug-likeness (QED) is 0.730. The monoisotopic (exact) mass is 361 g/mol. The first-order valence-corrected chi connectivity index (χ1v) is 9.34. The van der Waals surface area contributed by atoms with Crippen molar-refractivity contribution in [3.05, 3.63) is 70.8 Å². The van der Waals surface area contributed by atoms with Crippen molar-refractivity contribution in [3.8, 4) is 11.4 Å². The van der Waals surface area contributed by atoms with Crippen molar-refractivity contribution in [3.63, 3.8) is 0 Å². The molecule has 0 aliphatic carbocycles. The molecule has 3 aromatic rings. The number of H-pyrrole nitrogens is 1. The Morgan fingerprint density at radius 3 is 2.81 bits per heavy atom. The molecule has 0 radical (unpaired) electrons. The molecule has 1 aromatic carbocycles. The summed E-state index contributed by atoms with van der Waals surface area (Å²) in [7, 11) is 0. The Labute approximate surface area is 158 Å². The second-order valence-corrected chi connectivity index (χ2v) is 6.79. The number of nitrogens with one attached hydrogen (secondary N) is 2. The minimum absolute atomic E-state index is 0.129. The largest absolute Gasteiger partial charge is 0.380 e. The van der Waals surface area contributed by atoms with Gasteiger partial charge in [0, 0.05) is 48.3 Å². The molecule has 2 N–H and O–H groups in total. The molecule has 138 valence electrons. The average molecular weight is 361 g/mol. The first kappa shape index (κ1) is 17.3. The number of pyridine rings is 1. The molecule has 0 bridgehead atoms. The Morgan fingerprint density at radius 1 is 1.22 bits per heavy atom. The number of aromatic nitrogens is 3. The molecule has 2 aromatic heterocycles. The van der Waals surface area contributed by atoms with Crippen molar-refractivity contribution < 1.29 is 0 Å². The summed E-state index contributed by atoms with van der Waals surface area (Å²) in [5.74, 6) is 1.52. The molecule has 1 aliphatic heterocycles. The minimum atomic E-state index is -0.129. The van der Waals surface area contributed by atoms with Gasteiger partial charge in [-0.05, 0) is 37.1 Å². The van der Waals surface area contributed by atoms with Gasteiger partial charge in [-0.25, -0.2) is 9.97 Å². The first-order chi connectivity index (χ1) is 13.2. The lowest BCUT2D eigenvalue weighted by atomic mass is 10.2. The predicted octanol–water partition coefficient (Wildman–Crippen LogP) is 3.09. The van der Waals surface area contributed by atoms with E-state index < -0.39 is 0 Å². The van der Waals surface area contributed by atoms with Gasteiger partial charge >= 0.3 is 0 Å². The number of aryl methyl sites for hydroxylation is 1. The third kappa shape index (κ3) is 4.00. The van der Waals surface area contributed by atoms with Crippen LogP contribution in [0.4, 0.5) is 11.5 Å². The smallest absolute Gasteiger partial charge is 0.251 e. The average Bonchev–Trinajstić information content (AvgIpc) is 3.17. The van der Waals surface area contributed by atoms with Crippen molar-refractivity contribution in [1.29, 1.82) is 0 Å². The topological polar surface area (TPSA) is 73.9 Å². The number of hydrogen-bond donors (Lipinski definition) is 2. The van der Waals surface area contributed by atoms with Crippen molar-refractivity contribution in [2.75, 3.05) is 23.3 Å². The number of aromatic amines is 1. The molecule has 6 nitrogen and oxygen atoms in total. The Bertz CT molecular complexity index is 952. The van der Waals surface area contributed by atoms with Crippen LogP contribution in [0.3, 0.4) is 0 Å². The molecule has 1 aliphatic rings. The van der Waals surface area contributed by atoms with Gasteiger partial charge in [-0.3, -0.25) is 4.79 Å². The summed E-state index contributed by atoms with van der Waals surface area (Å²) in [6.45, 7) is 3.87. The highest BCUT2D eigenvalue weighted by Gasteiger charge is 2.23. The SMILES string of the molecule is CCc1cc(=O)[nH]c(-c2ccc(N3CCC(Nc4ccccc4)C3)nc2)n1. The number of rotatable bonds is 5. The van der Waals surface area contributed by atoms with Crippen molar-refractivity contribution >= 4 is 11.5 Å². The maximum Gasteiger partial charge on any atom is 0.251 e. The van der Waals surface area contributed by atoms with E-state index in [2.05, 4.69) is 37.3 Å². The van der Waals surface area contributed by atoms with Crippen LogP contribution in [0.2, 0.25) is 0 Å². The summed E-state index contributed by atoms with van der Waals surface area (Å²) in [6, 6.07) is 16.2. The number of hydrogen-bond acceptors (Lipinski definition) is 5. The molecule has 1 unspecified atom stereocenters. The summed E-state index contributed by atoms with van der Waals surface area (Å²) >= 11 is 0. The molecule has 1 fully saturated rings. The van der Waals surface area contributed by atoms with E-state index in [0.717, 1.165) is 48.7 Å². The van der Waals surface area contributed by atoms with E-state index in [-0.39, 0.29) is 5.56 Å². The second kappa shape index (κ2) is 7.61. The van der Waals surface area contributed by atoms with Crippen LogP contribution < -0.4 is 15.8 Å². The molecule has 3 heterocycles. The van der Waals surface area contributed by atoms with Gasteiger partial charge in [-0.1, -0.05) is 25.1 Å². The summed E-state index contributed by atoms with van der Waals surface area (Å²) in [5.41, 5.74) is 2.63.